The number of amides is 1. The summed E-state index contributed by atoms with van der Waals surface area (Å²) in [6.45, 7) is 10.5. The van der Waals surface area contributed by atoms with E-state index in [0.717, 1.165) is 17.5 Å². The summed E-state index contributed by atoms with van der Waals surface area (Å²) in [6.07, 6.45) is 1.28. The SMILES string of the molecule is CC[C@H](C)N(CC(=O)N1CCc2sccc2[C@H]1c1ccc(C(C)(C)C)cc1)S(=O)(=O)c1cc(Cl)ccc1Cl. The summed E-state index contributed by atoms with van der Waals surface area (Å²) in [5, 5.41) is 2.41. The molecule has 0 unspecified atom stereocenters. The maximum absolute atomic E-state index is 14.0. The molecule has 0 N–H and O–H groups in total. The van der Waals surface area contributed by atoms with Gasteiger partial charge < -0.3 is 4.90 Å². The maximum Gasteiger partial charge on any atom is 0.245 e. The van der Waals surface area contributed by atoms with Gasteiger partial charge in [0.2, 0.25) is 15.9 Å². The fourth-order valence-corrected chi connectivity index (χ4v) is 8.11. The number of halogens is 2. The molecule has 0 fully saturated rings. The average Bonchev–Trinajstić information content (AvgIpc) is 3.36. The van der Waals surface area contributed by atoms with Crippen LogP contribution in [-0.4, -0.2) is 42.7 Å². The molecule has 9 heteroatoms. The number of rotatable bonds is 7. The number of hydrogen-bond acceptors (Lipinski definition) is 4. The molecule has 1 aliphatic rings. The Labute approximate surface area is 240 Å². The molecule has 0 saturated heterocycles. The van der Waals surface area contributed by atoms with Crippen LogP contribution in [0.25, 0.3) is 0 Å². The lowest BCUT2D eigenvalue weighted by atomic mass is 9.85. The molecule has 0 aliphatic carbocycles. The van der Waals surface area contributed by atoms with Crippen LogP contribution in [0.2, 0.25) is 10.0 Å². The number of benzene rings is 2. The number of sulfonamides is 1. The lowest BCUT2D eigenvalue weighted by Crippen LogP contribution is -2.49. The van der Waals surface area contributed by atoms with E-state index >= 15 is 0 Å². The van der Waals surface area contributed by atoms with Gasteiger partial charge in [-0.15, -0.1) is 11.3 Å². The highest BCUT2D eigenvalue weighted by Crippen LogP contribution is 2.39. The Hall–Kier alpha value is -1.90. The molecule has 2 heterocycles. The Morgan fingerprint density at radius 2 is 1.82 bits per heavy atom. The summed E-state index contributed by atoms with van der Waals surface area (Å²) in [5.74, 6) is -0.242. The van der Waals surface area contributed by atoms with Crippen molar-refractivity contribution in [3.8, 4) is 0 Å². The molecule has 0 radical (unpaired) electrons. The molecule has 2 atom stereocenters. The van der Waals surface area contributed by atoms with Gasteiger partial charge in [0, 0.05) is 22.5 Å². The first-order chi connectivity index (χ1) is 17.8. The van der Waals surface area contributed by atoms with Gasteiger partial charge in [-0.2, -0.15) is 4.31 Å². The Morgan fingerprint density at radius 1 is 1.13 bits per heavy atom. The molecular weight excluding hydrogens is 559 g/mol. The van der Waals surface area contributed by atoms with Gasteiger partial charge in [0.1, 0.15) is 4.90 Å². The first-order valence-corrected chi connectivity index (χ1v) is 15.8. The van der Waals surface area contributed by atoms with E-state index < -0.39 is 16.1 Å². The van der Waals surface area contributed by atoms with Crippen molar-refractivity contribution in [3.63, 3.8) is 0 Å². The van der Waals surface area contributed by atoms with Crippen LogP contribution in [0.15, 0.2) is 58.8 Å². The second-order valence-corrected chi connectivity index (χ2v) is 14.5. The summed E-state index contributed by atoms with van der Waals surface area (Å²) in [6, 6.07) is 14.2. The number of nitrogens with zero attached hydrogens (tertiary/aromatic N) is 2. The molecule has 204 valence electrons. The van der Waals surface area contributed by atoms with Crippen LogP contribution in [-0.2, 0) is 26.7 Å². The summed E-state index contributed by atoms with van der Waals surface area (Å²) in [5.41, 5.74) is 3.35. The molecule has 0 saturated carbocycles. The van der Waals surface area contributed by atoms with Crippen molar-refractivity contribution in [2.45, 2.75) is 69.9 Å². The van der Waals surface area contributed by atoms with Crippen LogP contribution in [0, 0.1) is 0 Å². The first kappa shape index (κ1) is 29.1. The maximum atomic E-state index is 14.0. The summed E-state index contributed by atoms with van der Waals surface area (Å²) in [7, 11) is -4.08. The Balaban J connectivity index is 1.71. The van der Waals surface area contributed by atoms with Gasteiger partial charge >= 0.3 is 0 Å². The topological polar surface area (TPSA) is 57.7 Å². The molecule has 0 bridgehead atoms. The van der Waals surface area contributed by atoms with Gasteiger partial charge in [-0.3, -0.25) is 4.79 Å². The van der Waals surface area contributed by atoms with Crippen molar-refractivity contribution < 1.29 is 13.2 Å². The summed E-state index contributed by atoms with van der Waals surface area (Å²) < 4.78 is 28.8. The van der Waals surface area contributed by atoms with Gasteiger partial charge in [0.25, 0.3) is 0 Å². The predicted octanol–water partition coefficient (Wildman–Crippen LogP) is 7.32. The Kier molecular flexibility index (Phi) is 8.65. The van der Waals surface area contributed by atoms with Crippen molar-refractivity contribution in [2.75, 3.05) is 13.1 Å². The predicted molar refractivity (Wildman–Crippen MR) is 157 cm³/mol. The quantitative estimate of drug-likeness (QED) is 0.289. The van der Waals surface area contributed by atoms with Crippen molar-refractivity contribution in [2.24, 2.45) is 0 Å². The lowest BCUT2D eigenvalue weighted by molar-refractivity contribution is -0.133. The van der Waals surface area contributed by atoms with E-state index in [-0.39, 0.29) is 38.8 Å². The van der Waals surface area contributed by atoms with Gasteiger partial charge in [-0.05, 0) is 71.5 Å². The Bertz CT molecular complexity index is 1410. The molecular formula is C29H34Cl2N2O3S2. The fourth-order valence-electron chi connectivity index (χ4n) is 4.82. The van der Waals surface area contributed by atoms with Crippen LogP contribution in [0.4, 0.5) is 0 Å². The van der Waals surface area contributed by atoms with E-state index in [4.69, 9.17) is 23.2 Å². The molecule has 1 amide bonds. The second kappa shape index (κ2) is 11.3. The van der Waals surface area contributed by atoms with Crippen LogP contribution in [0.3, 0.4) is 0 Å². The Morgan fingerprint density at radius 3 is 2.45 bits per heavy atom. The van der Waals surface area contributed by atoms with Crippen LogP contribution in [0.1, 0.15) is 68.6 Å². The van der Waals surface area contributed by atoms with E-state index in [1.807, 2.05) is 11.8 Å². The second-order valence-electron chi connectivity index (χ2n) is 10.8. The standard InChI is InChI=1S/C29H34Cl2N2O3S2/c1-6-19(2)33(38(35,36)26-17-22(30)11-12-24(26)31)18-27(34)32-15-13-25-23(14-16-37-25)28(32)20-7-9-21(10-8-20)29(3,4)5/h7-12,14,16-17,19,28H,6,13,15,18H2,1-5H3/t19-,28+/m0/s1. The molecule has 5 nitrogen and oxygen atoms in total. The third kappa shape index (κ3) is 5.82. The molecule has 4 rings (SSSR count). The zero-order valence-corrected chi connectivity index (χ0v) is 25.5. The highest BCUT2D eigenvalue weighted by molar-refractivity contribution is 7.89. The largest absolute Gasteiger partial charge is 0.330 e. The van der Waals surface area contributed by atoms with Crippen molar-refractivity contribution >= 4 is 50.5 Å². The molecule has 3 aromatic rings. The molecule has 0 spiro atoms. The highest BCUT2D eigenvalue weighted by Gasteiger charge is 2.37. The third-order valence-corrected chi connectivity index (χ3v) is 10.9. The molecule has 38 heavy (non-hydrogen) atoms. The number of fused-ring (bicyclic) bond motifs is 1. The van der Waals surface area contributed by atoms with E-state index in [9.17, 15) is 13.2 Å². The molecule has 1 aromatic heterocycles. The van der Waals surface area contributed by atoms with Crippen LogP contribution in [0.5, 0.6) is 0 Å². The zero-order chi connectivity index (χ0) is 27.8. The fraction of sp³-hybridized carbons (Fsp3) is 0.414. The van der Waals surface area contributed by atoms with Crippen molar-refractivity contribution in [1.82, 2.24) is 9.21 Å². The van der Waals surface area contributed by atoms with Gasteiger partial charge in [0.15, 0.2) is 0 Å². The number of carbonyl (C=O) groups excluding carboxylic acids is 1. The third-order valence-electron chi connectivity index (χ3n) is 7.23. The van der Waals surface area contributed by atoms with E-state index in [1.54, 1.807) is 24.3 Å². The minimum atomic E-state index is -4.08. The van der Waals surface area contributed by atoms with Gasteiger partial charge in [0.05, 0.1) is 17.6 Å². The minimum Gasteiger partial charge on any atom is -0.330 e. The normalized spacial score (nSPS) is 16.9. The van der Waals surface area contributed by atoms with Crippen molar-refractivity contribution in [3.05, 3.63) is 85.5 Å². The number of hydrogen-bond donors (Lipinski definition) is 0. The monoisotopic (exact) mass is 592 g/mol. The number of thiophene rings is 1. The van der Waals surface area contributed by atoms with Gasteiger partial charge in [-0.25, -0.2) is 8.42 Å². The molecule has 2 aromatic carbocycles. The lowest BCUT2D eigenvalue weighted by Gasteiger charge is -2.38. The molecule has 1 aliphatic heterocycles. The minimum absolute atomic E-state index is 0.0148. The number of carbonyl (C=O) groups is 1. The van der Waals surface area contributed by atoms with Crippen LogP contribution >= 0.6 is 34.5 Å². The zero-order valence-electron chi connectivity index (χ0n) is 22.4. The highest BCUT2D eigenvalue weighted by atomic mass is 35.5. The summed E-state index contributed by atoms with van der Waals surface area (Å²) in [4.78, 5) is 17.0. The van der Waals surface area contributed by atoms with Crippen LogP contribution < -0.4 is 0 Å². The first-order valence-electron chi connectivity index (χ1n) is 12.8. The van der Waals surface area contributed by atoms with Crippen molar-refractivity contribution in [1.29, 1.82) is 0 Å². The van der Waals surface area contributed by atoms with E-state index in [0.29, 0.717) is 13.0 Å². The van der Waals surface area contributed by atoms with Gasteiger partial charge in [-0.1, -0.05) is 75.2 Å². The summed E-state index contributed by atoms with van der Waals surface area (Å²) >= 11 is 14.1. The van der Waals surface area contributed by atoms with E-state index in [2.05, 4.69) is 56.5 Å². The van der Waals surface area contributed by atoms with E-state index in [1.165, 1.54) is 26.9 Å². The smallest absolute Gasteiger partial charge is 0.245 e. The average molecular weight is 594 g/mol.